The van der Waals surface area contributed by atoms with E-state index in [-0.39, 0.29) is 0 Å². The van der Waals surface area contributed by atoms with Gasteiger partial charge in [-0.1, -0.05) is 6.92 Å². The van der Waals surface area contributed by atoms with Gasteiger partial charge in [0.25, 0.3) is 0 Å². The van der Waals surface area contributed by atoms with E-state index in [4.69, 9.17) is 15.2 Å². The van der Waals surface area contributed by atoms with Crippen molar-refractivity contribution in [1.82, 2.24) is 4.90 Å². The second-order valence-corrected chi connectivity index (χ2v) is 4.91. The van der Waals surface area contributed by atoms with Crippen LogP contribution in [0.1, 0.15) is 26.7 Å². The van der Waals surface area contributed by atoms with E-state index in [2.05, 4.69) is 18.7 Å². The van der Waals surface area contributed by atoms with Crippen molar-refractivity contribution in [2.24, 2.45) is 11.7 Å². The maximum atomic E-state index is 5.98. The number of hydrogen-bond acceptors (Lipinski definition) is 4. The Kier molecular flexibility index (Phi) is 7.04. The van der Waals surface area contributed by atoms with E-state index in [1.807, 2.05) is 0 Å². The zero-order valence-electron chi connectivity index (χ0n) is 11.5. The third-order valence-electron chi connectivity index (χ3n) is 3.89. The van der Waals surface area contributed by atoms with Gasteiger partial charge in [0.2, 0.25) is 0 Å². The van der Waals surface area contributed by atoms with E-state index in [0.29, 0.717) is 24.5 Å². The van der Waals surface area contributed by atoms with Gasteiger partial charge in [-0.25, -0.2) is 0 Å². The summed E-state index contributed by atoms with van der Waals surface area (Å²) in [6, 6.07) is 0.988. The van der Waals surface area contributed by atoms with Gasteiger partial charge >= 0.3 is 0 Å². The lowest BCUT2D eigenvalue weighted by Crippen LogP contribution is -2.51. The molecule has 0 spiro atoms. The first-order valence-corrected chi connectivity index (χ1v) is 6.77. The molecule has 0 aromatic carbocycles. The molecule has 1 heterocycles. The monoisotopic (exact) mass is 244 g/mol. The van der Waals surface area contributed by atoms with Gasteiger partial charge in [-0.05, 0) is 19.8 Å². The Bertz CT molecular complexity index is 196. The minimum Gasteiger partial charge on any atom is -0.383 e. The van der Waals surface area contributed by atoms with Gasteiger partial charge in [0.15, 0.2) is 0 Å². The average molecular weight is 244 g/mol. The molecule has 3 atom stereocenters. The fourth-order valence-electron chi connectivity index (χ4n) is 2.60. The van der Waals surface area contributed by atoms with E-state index in [1.54, 1.807) is 7.11 Å². The molecule has 0 aliphatic carbocycles. The quantitative estimate of drug-likeness (QED) is 0.694. The minimum atomic E-state index is 0.433. The van der Waals surface area contributed by atoms with E-state index in [1.165, 1.54) is 0 Å². The third-order valence-corrected chi connectivity index (χ3v) is 3.89. The predicted molar refractivity (Wildman–Crippen MR) is 70.1 cm³/mol. The number of hydrogen-bond donors (Lipinski definition) is 1. The molecular weight excluding hydrogens is 216 g/mol. The van der Waals surface area contributed by atoms with Crippen LogP contribution < -0.4 is 5.73 Å². The maximum Gasteiger partial charge on any atom is 0.0589 e. The molecule has 2 N–H and O–H groups in total. The largest absolute Gasteiger partial charge is 0.383 e. The molecular formula is C13H28N2O2. The molecule has 0 radical (unpaired) electrons. The molecule has 4 nitrogen and oxygen atoms in total. The van der Waals surface area contributed by atoms with Crippen molar-refractivity contribution in [3.05, 3.63) is 0 Å². The summed E-state index contributed by atoms with van der Waals surface area (Å²) < 4.78 is 10.7. The molecule has 3 unspecified atom stereocenters. The van der Waals surface area contributed by atoms with Crippen LogP contribution in [0.4, 0.5) is 0 Å². The van der Waals surface area contributed by atoms with Crippen LogP contribution in [-0.2, 0) is 9.47 Å². The van der Waals surface area contributed by atoms with Gasteiger partial charge in [-0.2, -0.15) is 0 Å². The van der Waals surface area contributed by atoms with E-state index >= 15 is 0 Å². The van der Waals surface area contributed by atoms with Crippen molar-refractivity contribution in [3.8, 4) is 0 Å². The number of nitrogens with two attached hydrogens (primary N) is 1. The molecule has 102 valence electrons. The van der Waals surface area contributed by atoms with Crippen molar-refractivity contribution in [3.63, 3.8) is 0 Å². The van der Waals surface area contributed by atoms with Crippen molar-refractivity contribution in [1.29, 1.82) is 0 Å². The molecule has 1 aliphatic rings. The summed E-state index contributed by atoms with van der Waals surface area (Å²) in [6.07, 6.45) is 2.29. The predicted octanol–water partition coefficient (Wildman–Crippen LogP) is 1.10. The van der Waals surface area contributed by atoms with Crippen molar-refractivity contribution >= 4 is 0 Å². The highest BCUT2D eigenvalue weighted by molar-refractivity contribution is 4.85. The smallest absolute Gasteiger partial charge is 0.0589 e. The van der Waals surface area contributed by atoms with Gasteiger partial charge < -0.3 is 15.2 Å². The lowest BCUT2D eigenvalue weighted by molar-refractivity contribution is 0.0595. The van der Waals surface area contributed by atoms with E-state index in [0.717, 1.165) is 39.2 Å². The van der Waals surface area contributed by atoms with Crippen molar-refractivity contribution in [2.45, 2.75) is 38.8 Å². The Labute approximate surface area is 105 Å². The second-order valence-electron chi connectivity index (χ2n) is 4.91. The fraction of sp³-hybridized carbons (Fsp3) is 1.00. The highest BCUT2D eigenvalue weighted by atomic mass is 16.5. The zero-order valence-corrected chi connectivity index (χ0v) is 11.5. The molecule has 4 heteroatoms. The normalized spacial score (nSPS) is 24.2. The molecule has 0 aromatic heterocycles. The van der Waals surface area contributed by atoms with Crippen LogP contribution in [0, 0.1) is 5.92 Å². The fourth-order valence-corrected chi connectivity index (χ4v) is 2.60. The molecule has 1 saturated heterocycles. The number of nitrogens with zero attached hydrogens (tertiary/aromatic N) is 1. The minimum absolute atomic E-state index is 0.433. The van der Waals surface area contributed by atoms with Crippen molar-refractivity contribution < 1.29 is 9.47 Å². The van der Waals surface area contributed by atoms with Gasteiger partial charge in [0.1, 0.15) is 0 Å². The lowest BCUT2D eigenvalue weighted by atomic mass is 9.95. The summed E-state index contributed by atoms with van der Waals surface area (Å²) in [4.78, 5) is 2.50. The highest BCUT2D eigenvalue weighted by Gasteiger charge is 2.31. The summed E-state index contributed by atoms with van der Waals surface area (Å²) in [7, 11) is 1.75. The Morgan fingerprint density at radius 2 is 2.29 bits per heavy atom. The summed E-state index contributed by atoms with van der Waals surface area (Å²) >= 11 is 0. The standard InChI is InChI=1S/C13H28N2O2/c1-4-11(2)15(6-8-16-3)13(9-14)12-5-7-17-10-12/h11-13H,4-10,14H2,1-3H3. The first kappa shape index (κ1) is 14.9. The van der Waals surface area contributed by atoms with Crippen LogP contribution in [0.5, 0.6) is 0 Å². The molecule has 17 heavy (non-hydrogen) atoms. The lowest BCUT2D eigenvalue weighted by Gasteiger charge is -2.38. The molecule has 1 fully saturated rings. The highest BCUT2D eigenvalue weighted by Crippen LogP contribution is 2.23. The van der Waals surface area contributed by atoms with Crippen LogP contribution in [0.15, 0.2) is 0 Å². The Morgan fingerprint density at radius 3 is 2.76 bits per heavy atom. The van der Waals surface area contributed by atoms with Crippen LogP contribution in [0.2, 0.25) is 0 Å². The zero-order chi connectivity index (χ0) is 12.7. The number of methoxy groups -OCH3 is 1. The Hall–Kier alpha value is -0.160. The van der Waals surface area contributed by atoms with E-state index < -0.39 is 0 Å². The SMILES string of the molecule is CCC(C)N(CCOC)C(CN)C1CCOC1. The van der Waals surface area contributed by atoms with Crippen LogP contribution >= 0.6 is 0 Å². The average Bonchev–Trinajstić information content (AvgIpc) is 2.87. The summed E-state index contributed by atoms with van der Waals surface area (Å²) in [6.45, 7) is 8.69. The molecule has 0 amide bonds. The van der Waals surface area contributed by atoms with Crippen LogP contribution in [0.25, 0.3) is 0 Å². The number of ether oxygens (including phenoxy) is 2. The Morgan fingerprint density at radius 1 is 1.53 bits per heavy atom. The summed E-state index contributed by atoms with van der Waals surface area (Å²) in [5, 5.41) is 0. The third kappa shape index (κ3) is 4.21. The maximum absolute atomic E-state index is 5.98. The molecule has 0 aromatic rings. The van der Waals surface area contributed by atoms with Crippen molar-refractivity contribution in [2.75, 3.05) is 40.0 Å². The topological polar surface area (TPSA) is 47.7 Å². The van der Waals surface area contributed by atoms with Crippen LogP contribution in [-0.4, -0.2) is 57.0 Å². The Balaban J connectivity index is 2.62. The van der Waals surface area contributed by atoms with Gasteiger partial charge in [0.05, 0.1) is 13.2 Å². The molecule has 0 saturated carbocycles. The summed E-state index contributed by atoms with van der Waals surface area (Å²) in [5.74, 6) is 0.589. The van der Waals surface area contributed by atoms with Crippen LogP contribution in [0.3, 0.4) is 0 Å². The molecule has 0 bridgehead atoms. The first-order valence-electron chi connectivity index (χ1n) is 6.77. The van der Waals surface area contributed by atoms with Gasteiger partial charge in [-0.3, -0.25) is 4.90 Å². The van der Waals surface area contributed by atoms with Gasteiger partial charge in [0, 0.05) is 44.8 Å². The summed E-state index contributed by atoms with van der Waals surface area (Å²) in [5.41, 5.74) is 5.98. The van der Waals surface area contributed by atoms with Gasteiger partial charge in [-0.15, -0.1) is 0 Å². The molecule has 1 rings (SSSR count). The van der Waals surface area contributed by atoms with E-state index in [9.17, 15) is 0 Å². The number of rotatable bonds is 8. The molecule has 1 aliphatic heterocycles. The first-order chi connectivity index (χ1) is 8.24. The second kappa shape index (κ2) is 8.03.